The van der Waals surface area contributed by atoms with Crippen LogP contribution in [-0.2, 0) is 0 Å². The lowest BCUT2D eigenvalue weighted by Gasteiger charge is -2.06. The minimum absolute atomic E-state index is 0.121. The smallest absolute Gasteiger partial charge is 0.267 e. The van der Waals surface area contributed by atoms with E-state index in [1.54, 1.807) is 13.0 Å². The summed E-state index contributed by atoms with van der Waals surface area (Å²) < 4.78 is 1.53. The molecule has 0 saturated heterocycles. The van der Waals surface area contributed by atoms with Crippen molar-refractivity contribution in [3.63, 3.8) is 0 Å². The quantitative estimate of drug-likeness (QED) is 0.563. The molecule has 2 aromatic heterocycles. The highest BCUT2D eigenvalue weighted by Crippen LogP contribution is 2.26. The average molecular weight is 334 g/mol. The maximum absolute atomic E-state index is 12.8. The molecule has 0 fully saturated rings. The number of hydrogen-bond acceptors (Lipinski definition) is 5. The second kappa shape index (κ2) is 5.65. The Bertz CT molecular complexity index is 1100. The molecule has 0 amide bonds. The fourth-order valence-corrected chi connectivity index (χ4v) is 3.48. The standard InChI is InChI=1S/C18H14N4OS/c1-11-7-9-13(10-8-11)16-20-21-18(24-16)22-12(2)19-15-6-4-3-5-14(15)17(22)23/h3-10H,1-2H3. The van der Waals surface area contributed by atoms with Crippen LogP contribution in [0.5, 0.6) is 0 Å². The van der Waals surface area contributed by atoms with E-state index in [0.29, 0.717) is 21.9 Å². The zero-order valence-corrected chi connectivity index (χ0v) is 14.0. The number of nitrogens with zero attached hydrogens (tertiary/aromatic N) is 4. The van der Waals surface area contributed by atoms with Gasteiger partial charge in [-0.2, -0.15) is 0 Å². The van der Waals surface area contributed by atoms with E-state index in [2.05, 4.69) is 15.2 Å². The maximum Gasteiger partial charge on any atom is 0.267 e. The van der Waals surface area contributed by atoms with E-state index >= 15 is 0 Å². The lowest BCUT2D eigenvalue weighted by atomic mass is 10.2. The third-order valence-corrected chi connectivity index (χ3v) is 4.81. The molecule has 0 unspecified atom stereocenters. The molecule has 2 heterocycles. The molecule has 0 aliphatic carbocycles. The van der Waals surface area contributed by atoms with Gasteiger partial charge in [-0.15, -0.1) is 10.2 Å². The molecule has 5 nitrogen and oxygen atoms in total. The summed E-state index contributed by atoms with van der Waals surface area (Å²) in [4.78, 5) is 17.3. The van der Waals surface area contributed by atoms with Gasteiger partial charge in [-0.05, 0) is 26.0 Å². The Hall–Kier alpha value is -2.86. The van der Waals surface area contributed by atoms with Crippen molar-refractivity contribution in [3.05, 3.63) is 70.3 Å². The fourth-order valence-electron chi connectivity index (χ4n) is 2.59. The van der Waals surface area contributed by atoms with E-state index in [4.69, 9.17) is 0 Å². The van der Waals surface area contributed by atoms with Crippen molar-refractivity contribution in [1.82, 2.24) is 19.7 Å². The third-order valence-electron chi connectivity index (χ3n) is 3.85. The number of benzene rings is 2. The Kier molecular flexibility index (Phi) is 3.46. The molecule has 0 radical (unpaired) electrons. The predicted molar refractivity (Wildman–Crippen MR) is 95.7 cm³/mol. The molecule has 0 saturated carbocycles. The van der Waals surface area contributed by atoms with E-state index in [1.807, 2.05) is 49.4 Å². The van der Waals surface area contributed by atoms with Gasteiger partial charge >= 0.3 is 0 Å². The summed E-state index contributed by atoms with van der Waals surface area (Å²) in [6.07, 6.45) is 0. The first-order chi connectivity index (χ1) is 11.6. The summed E-state index contributed by atoms with van der Waals surface area (Å²) in [7, 11) is 0. The van der Waals surface area contributed by atoms with Crippen molar-refractivity contribution in [3.8, 4) is 15.7 Å². The van der Waals surface area contributed by atoms with Gasteiger partial charge in [-0.1, -0.05) is 53.3 Å². The highest BCUT2D eigenvalue weighted by molar-refractivity contribution is 7.17. The molecule has 0 atom stereocenters. The summed E-state index contributed by atoms with van der Waals surface area (Å²) in [5.74, 6) is 0.602. The SMILES string of the molecule is Cc1ccc(-c2nnc(-n3c(C)nc4ccccc4c3=O)s2)cc1. The lowest BCUT2D eigenvalue weighted by Crippen LogP contribution is -2.22. The number of aromatic nitrogens is 4. The minimum Gasteiger partial charge on any atom is -0.268 e. The highest BCUT2D eigenvalue weighted by atomic mass is 32.1. The van der Waals surface area contributed by atoms with Crippen LogP contribution in [0, 0.1) is 13.8 Å². The van der Waals surface area contributed by atoms with Crippen LogP contribution in [0.2, 0.25) is 0 Å². The Morgan fingerprint density at radius 2 is 1.71 bits per heavy atom. The lowest BCUT2D eigenvalue weighted by molar-refractivity contribution is 0.863. The number of hydrogen-bond donors (Lipinski definition) is 0. The molecule has 2 aromatic carbocycles. The van der Waals surface area contributed by atoms with Gasteiger partial charge in [0.05, 0.1) is 10.9 Å². The molecule has 0 aliphatic rings. The molecular weight excluding hydrogens is 320 g/mol. The summed E-state index contributed by atoms with van der Waals surface area (Å²) in [6, 6.07) is 15.4. The predicted octanol–water partition coefficient (Wildman–Crippen LogP) is 3.52. The molecule has 24 heavy (non-hydrogen) atoms. The van der Waals surface area contributed by atoms with Crippen molar-refractivity contribution >= 4 is 22.2 Å². The van der Waals surface area contributed by atoms with Crippen LogP contribution in [0.15, 0.2) is 53.3 Å². The van der Waals surface area contributed by atoms with Crippen LogP contribution in [-0.4, -0.2) is 19.7 Å². The van der Waals surface area contributed by atoms with Gasteiger partial charge in [-0.25, -0.2) is 9.55 Å². The van der Waals surface area contributed by atoms with Gasteiger partial charge in [0.2, 0.25) is 5.13 Å². The van der Waals surface area contributed by atoms with E-state index in [9.17, 15) is 4.79 Å². The van der Waals surface area contributed by atoms with Gasteiger partial charge in [0, 0.05) is 5.56 Å². The van der Waals surface area contributed by atoms with Crippen molar-refractivity contribution in [2.45, 2.75) is 13.8 Å². The number of para-hydroxylation sites is 1. The van der Waals surface area contributed by atoms with E-state index < -0.39 is 0 Å². The molecule has 0 bridgehead atoms. The van der Waals surface area contributed by atoms with Crippen molar-refractivity contribution in [2.24, 2.45) is 0 Å². The van der Waals surface area contributed by atoms with Gasteiger partial charge in [0.25, 0.3) is 5.56 Å². The molecule has 0 N–H and O–H groups in total. The number of rotatable bonds is 2. The molecule has 4 aromatic rings. The fraction of sp³-hybridized carbons (Fsp3) is 0.111. The van der Waals surface area contributed by atoms with Crippen LogP contribution in [0.4, 0.5) is 0 Å². The van der Waals surface area contributed by atoms with Crippen LogP contribution in [0.25, 0.3) is 26.6 Å². The monoisotopic (exact) mass is 334 g/mol. The summed E-state index contributed by atoms with van der Waals surface area (Å²) >= 11 is 1.38. The maximum atomic E-state index is 12.8. The second-order valence-electron chi connectivity index (χ2n) is 5.57. The third kappa shape index (κ3) is 2.41. The average Bonchev–Trinajstić information content (AvgIpc) is 3.05. The molecule has 118 valence electrons. The van der Waals surface area contributed by atoms with Crippen molar-refractivity contribution < 1.29 is 0 Å². The van der Waals surface area contributed by atoms with Gasteiger partial charge < -0.3 is 0 Å². The summed E-state index contributed by atoms with van der Waals surface area (Å²) in [6.45, 7) is 3.85. The summed E-state index contributed by atoms with van der Waals surface area (Å²) in [5.41, 5.74) is 2.75. The van der Waals surface area contributed by atoms with Gasteiger partial charge in [0.15, 0.2) is 0 Å². The molecule has 0 aliphatic heterocycles. The van der Waals surface area contributed by atoms with Crippen LogP contribution in [0.1, 0.15) is 11.4 Å². The van der Waals surface area contributed by atoms with Gasteiger partial charge in [-0.3, -0.25) is 4.79 Å². The summed E-state index contributed by atoms with van der Waals surface area (Å²) in [5, 5.41) is 10.3. The minimum atomic E-state index is -0.121. The topological polar surface area (TPSA) is 60.7 Å². The zero-order chi connectivity index (χ0) is 16.7. The largest absolute Gasteiger partial charge is 0.268 e. The molecule has 0 spiro atoms. The van der Waals surface area contributed by atoms with E-state index in [-0.39, 0.29) is 5.56 Å². The molecule has 6 heteroatoms. The first-order valence-electron chi connectivity index (χ1n) is 7.53. The van der Waals surface area contributed by atoms with E-state index in [0.717, 1.165) is 10.6 Å². The van der Waals surface area contributed by atoms with Crippen LogP contribution in [0.3, 0.4) is 0 Å². The normalized spacial score (nSPS) is 11.1. The Morgan fingerprint density at radius 3 is 2.50 bits per heavy atom. The van der Waals surface area contributed by atoms with Crippen molar-refractivity contribution in [1.29, 1.82) is 0 Å². The highest BCUT2D eigenvalue weighted by Gasteiger charge is 2.14. The number of fused-ring (bicyclic) bond motifs is 1. The first-order valence-corrected chi connectivity index (χ1v) is 8.34. The molecular formula is C18H14N4OS. The van der Waals surface area contributed by atoms with Gasteiger partial charge in [0.1, 0.15) is 10.8 Å². The second-order valence-corrected chi connectivity index (χ2v) is 6.53. The Labute approximate surface area is 142 Å². The Balaban J connectivity index is 1.87. The van der Waals surface area contributed by atoms with Crippen LogP contribution >= 0.6 is 11.3 Å². The molecule has 4 rings (SSSR count). The Morgan fingerprint density at radius 1 is 0.958 bits per heavy atom. The van der Waals surface area contributed by atoms with E-state index in [1.165, 1.54) is 21.5 Å². The number of aryl methyl sites for hydroxylation is 2. The zero-order valence-electron chi connectivity index (χ0n) is 13.2. The van der Waals surface area contributed by atoms with Crippen LogP contribution < -0.4 is 5.56 Å². The van der Waals surface area contributed by atoms with Crippen molar-refractivity contribution in [2.75, 3.05) is 0 Å². The first kappa shape index (κ1) is 14.7.